The van der Waals surface area contributed by atoms with Gasteiger partial charge in [-0.25, -0.2) is 12.8 Å². The van der Waals surface area contributed by atoms with Gasteiger partial charge in [0.1, 0.15) is 5.82 Å². The molecular weight excluding hydrogens is 363 g/mol. The fourth-order valence-electron chi connectivity index (χ4n) is 4.26. The zero-order valence-corrected chi connectivity index (χ0v) is 16.2. The molecule has 4 nitrogen and oxygen atoms in total. The monoisotopic (exact) mass is 386 g/mol. The van der Waals surface area contributed by atoms with Crippen molar-refractivity contribution >= 4 is 26.6 Å². The number of anilines is 1. The predicted octanol–water partition coefficient (Wildman–Crippen LogP) is 4.78. The van der Waals surface area contributed by atoms with Crippen LogP contribution in [0.1, 0.15) is 37.3 Å². The van der Waals surface area contributed by atoms with Gasteiger partial charge in [-0.2, -0.15) is 0 Å². The summed E-state index contributed by atoms with van der Waals surface area (Å²) in [5, 5.41) is 0.988. The minimum Gasteiger partial charge on any atom is -0.359 e. The van der Waals surface area contributed by atoms with Gasteiger partial charge in [-0.1, -0.05) is 37.6 Å². The van der Waals surface area contributed by atoms with Crippen molar-refractivity contribution in [1.29, 1.82) is 0 Å². The molecule has 2 aromatic carbocycles. The van der Waals surface area contributed by atoms with Crippen LogP contribution in [0, 0.1) is 11.7 Å². The van der Waals surface area contributed by atoms with E-state index in [1.54, 1.807) is 6.07 Å². The highest BCUT2D eigenvalue weighted by Crippen LogP contribution is 2.50. The summed E-state index contributed by atoms with van der Waals surface area (Å²) in [5.74, 6) is 0.224. The minimum absolute atomic E-state index is 0.242. The first-order valence-corrected chi connectivity index (χ1v) is 11.0. The number of nitrogens with one attached hydrogen (secondary N) is 2. The van der Waals surface area contributed by atoms with Crippen LogP contribution >= 0.6 is 0 Å². The predicted molar refractivity (Wildman–Crippen MR) is 107 cm³/mol. The topological polar surface area (TPSA) is 62.0 Å². The summed E-state index contributed by atoms with van der Waals surface area (Å²) in [4.78, 5) is 3.27. The molecule has 1 aliphatic rings. The number of fused-ring (bicyclic) bond motifs is 1. The standard InChI is InChI=1S/C21H23FN2O2S/c1-21(14-5-3-6-14,15-9-11-16(22)12-10-15)18-13-23-20-17(18)7-4-8-19(20)24-27(2,25)26/h4,7-14,23-24H,3,5-6H2,1-2H3. The Morgan fingerprint density at radius 3 is 2.44 bits per heavy atom. The summed E-state index contributed by atoms with van der Waals surface area (Å²) in [7, 11) is -3.37. The third-order valence-electron chi connectivity index (χ3n) is 5.94. The van der Waals surface area contributed by atoms with Gasteiger partial charge in [-0.05, 0) is 48.1 Å². The van der Waals surface area contributed by atoms with E-state index in [1.807, 2.05) is 30.5 Å². The Bertz CT molecular complexity index is 1090. The molecule has 0 saturated heterocycles. The number of benzene rings is 2. The van der Waals surface area contributed by atoms with E-state index in [4.69, 9.17) is 0 Å². The molecule has 0 amide bonds. The van der Waals surface area contributed by atoms with Gasteiger partial charge in [0.05, 0.1) is 17.5 Å². The smallest absolute Gasteiger partial charge is 0.229 e. The first kappa shape index (κ1) is 18.0. The van der Waals surface area contributed by atoms with Gasteiger partial charge in [-0.15, -0.1) is 0 Å². The van der Waals surface area contributed by atoms with Gasteiger partial charge >= 0.3 is 0 Å². The van der Waals surface area contributed by atoms with E-state index in [-0.39, 0.29) is 11.2 Å². The van der Waals surface area contributed by atoms with Crippen molar-refractivity contribution in [1.82, 2.24) is 4.98 Å². The second kappa shape index (κ2) is 6.37. The number of hydrogen-bond donors (Lipinski definition) is 2. The molecule has 1 unspecified atom stereocenters. The number of sulfonamides is 1. The number of aromatic amines is 1. The lowest BCUT2D eigenvalue weighted by Crippen LogP contribution is -2.37. The fraction of sp³-hybridized carbons (Fsp3) is 0.333. The van der Waals surface area contributed by atoms with Gasteiger partial charge in [0.2, 0.25) is 10.0 Å². The molecule has 1 saturated carbocycles. The molecule has 27 heavy (non-hydrogen) atoms. The molecular formula is C21H23FN2O2S. The quantitative estimate of drug-likeness (QED) is 0.663. The van der Waals surface area contributed by atoms with Gasteiger partial charge in [0.25, 0.3) is 0 Å². The summed E-state index contributed by atoms with van der Waals surface area (Å²) >= 11 is 0. The maximum absolute atomic E-state index is 13.5. The number of aromatic nitrogens is 1. The van der Waals surface area contributed by atoms with Crippen LogP contribution in [0.4, 0.5) is 10.1 Å². The number of para-hydroxylation sites is 1. The third kappa shape index (κ3) is 3.12. The number of rotatable bonds is 5. The lowest BCUT2D eigenvalue weighted by atomic mass is 9.60. The molecule has 1 aromatic heterocycles. The Morgan fingerprint density at radius 2 is 1.85 bits per heavy atom. The number of halogens is 1. The largest absolute Gasteiger partial charge is 0.359 e. The van der Waals surface area contributed by atoms with Gasteiger partial charge in [0, 0.05) is 17.0 Å². The van der Waals surface area contributed by atoms with Crippen LogP contribution in [-0.2, 0) is 15.4 Å². The number of H-pyrrole nitrogens is 1. The molecule has 0 spiro atoms. The summed E-state index contributed by atoms with van der Waals surface area (Å²) in [5.41, 5.74) is 3.23. The van der Waals surface area contributed by atoms with Gasteiger partial charge in [0.15, 0.2) is 0 Å². The van der Waals surface area contributed by atoms with E-state index in [9.17, 15) is 12.8 Å². The molecule has 0 aliphatic heterocycles. The molecule has 1 atom stereocenters. The zero-order chi connectivity index (χ0) is 19.2. The molecule has 0 radical (unpaired) electrons. The Hall–Kier alpha value is -2.34. The van der Waals surface area contributed by atoms with E-state index in [1.165, 1.54) is 18.6 Å². The van der Waals surface area contributed by atoms with Crippen molar-refractivity contribution in [3.05, 3.63) is 65.6 Å². The fourth-order valence-corrected chi connectivity index (χ4v) is 4.83. The van der Waals surface area contributed by atoms with Crippen molar-refractivity contribution in [3.63, 3.8) is 0 Å². The Labute approximate surface area is 158 Å². The van der Waals surface area contributed by atoms with Crippen LogP contribution in [0.5, 0.6) is 0 Å². The van der Waals surface area contributed by atoms with Crippen LogP contribution in [0.25, 0.3) is 10.9 Å². The van der Waals surface area contributed by atoms with Crippen LogP contribution in [0.2, 0.25) is 0 Å². The first-order chi connectivity index (χ1) is 12.8. The van der Waals surface area contributed by atoms with Crippen molar-refractivity contribution < 1.29 is 12.8 Å². The maximum atomic E-state index is 13.5. The first-order valence-electron chi connectivity index (χ1n) is 9.13. The van der Waals surface area contributed by atoms with Crippen LogP contribution in [-0.4, -0.2) is 19.7 Å². The van der Waals surface area contributed by atoms with Crippen molar-refractivity contribution in [2.45, 2.75) is 31.6 Å². The molecule has 4 rings (SSSR count). The SMILES string of the molecule is CC(c1ccc(F)cc1)(c1c[nH]c2c(NS(C)(=O)=O)cccc12)C1CCC1. The van der Waals surface area contributed by atoms with Crippen LogP contribution < -0.4 is 4.72 Å². The molecule has 142 valence electrons. The van der Waals surface area contributed by atoms with E-state index in [2.05, 4.69) is 16.6 Å². The molecule has 2 N–H and O–H groups in total. The Kier molecular flexibility index (Phi) is 4.26. The lowest BCUT2D eigenvalue weighted by Gasteiger charge is -2.43. The highest BCUT2D eigenvalue weighted by Gasteiger charge is 2.42. The molecule has 1 fully saturated rings. The zero-order valence-electron chi connectivity index (χ0n) is 15.4. The van der Waals surface area contributed by atoms with Crippen molar-refractivity contribution in [2.75, 3.05) is 11.0 Å². The second-order valence-corrected chi connectivity index (χ2v) is 9.39. The van der Waals surface area contributed by atoms with E-state index < -0.39 is 10.0 Å². The van der Waals surface area contributed by atoms with E-state index >= 15 is 0 Å². The summed E-state index contributed by atoms with van der Waals surface area (Å²) in [6, 6.07) is 12.4. The average Bonchev–Trinajstić information content (AvgIpc) is 2.98. The molecule has 6 heteroatoms. The Balaban J connectivity index is 1.90. The van der Waals surface area contributed by atoms with Crippen molar-refractivity contribution in [2.24, 2.45) is 5.92 Å². The van der Waals surface area contributed by atoms with E-state index in [0.717, 1.165) is 41.1 Å². The molecule has 1 heterocycles. The van der Waals surface area contributed by atoms with Gasteiger partial charge in [-0.3, -0.25) is 4.72 Å². The second-order valence-electron chi connectivity index (χ2n) is 7.64. The molecule has 3 aromatic rings. The summed E-state index contributed by atoms with van der Waals surface area (Å²) in [6.45, 7) is 2.21. The summed E-state index contributed by atoms with van der Waals surface area (Å²) < 4.78 is 39.5. The van der Waals surface area contributed by atoms with Crippen LogP contribution in [0.15, 0.2) is 48.7 Å². The highest BCUT2D eigenvalue weighted by molar-refractivity contribution is 7.92. The normalized spacial score (nSPS) is 17.4. The van der Waals surface area contributed by atoms with Gasteiger partial charge < -0.3 is 4.98 Å². The minimum atomic E-state index is -3.37. The third-order valence-corrected chi connectivity index (χ3v) is 6.53. The maximum Gasteiger partial charge on any atom is 0.229 e. The number of hydrogen-bond acceptors (Lipinski definition) is 2. The van der Waals surface area contributed by atoms with Crippen molar-refractivity contribution in [3.8, 4) is 0 Å². The average molecular weight is 386 g/mol. The Morgan fingerprint density at radius 1 is 1.15 bits per heavy atom. The van der Waals surface area contributed by atoms with Crippen LogP contribution in [0.3, 0.4) is 0 Å². The molecule has 0 bridgehead atoms. The van der Waals surface area contributed by atoms with E-state index in [0.29, 0.717) is 11.6 Å². The lowest BCUT2D eigenvalue weighted by molar-refractivity contribution is 0.212. The highest BCUT2D eigenvalue weighted by atomic mass is 32.2. The molecule has 1 aliphatic carbocycles. The summed E-state index contributed by atoms with van der Waals surface area (Å²) in [6.07, 6.45) is 6.57.